The van der Waals surface area contributed by atoms with Crippen LogP contribution in [0.25, 0.3) is 0 Å². The minimum atomic E-state index is -0.324. The molecule has 1 aliphatic heterocycles. The zero-order valence-electron chi connectivity index (χ0n) is 8.70. The third-order valence-corrected chi connectivity index (χ3v) is 3.38. The summed E-state index contributed by atoms with van der Waals surface area (Å²) in [5, 5.41) is 32.1. The molecule has 88 valence electrons. The molecule has 0 unspecified atom stereocenters. The summed E-state index contributed by atoms with van der Waals surface area (Å²) in [4.78, 5) is 0. The summed E-state index contributed by atoms with van der Waals surface area (Å²) >= 11 is 5.96. The number of halogens is 1. The standard InChI is InChI=1S/C11H14ClNO3/c12-10-7(14)5-8(15)11(16)9(10)6-1-3-13-4-2-6/h5-6,13-16H,1-4H2. The monoisotopic (exact) mass is 243 g/mol. The van der Waals surface area contributed by atoms with Gasteiger partial charge >= 0.3 is 0 Å². The van der Waals surface area contributed by atoms with Crippen molar-refractivity contribution in [2.45, 2.75) is 18.8 Å². The van der Waals surface area contributed by atoms with Gasteiger partial charge in [0.1, 0.15) is 5.75 Å². The Morgan fingerprint density at radius 2 is 1.75 bits per heavy atom. The first-order valence-electron chi connectivity index (χ1n) is 5.25. The Morgan fingerprint density at radius 3 is 2.38 bits per heavy atom. The zero-order valence-corrected chi connectivity index (χ0v) is 9.46. The summed E-state index contributed by atoms with van der Waals surface area (Å²) in [6, 6.07) is 1.06. The van der Waals surface area contributed by atoms with Gasteiger partial charge in [0, 0.05) is 11.6 Å². The molecule has 1 aromatic carbocycles. The number of rotatable bonds is 1. The molecule has 2 rings (SSSR count). The highest BCUT2D eigenvalue weighted by Crippen LogP contribution is 2.46. The van der Waals surface area contributed by atoms with Crippen LogP contribution in [0.4, 0.5) is 0 Å². The average molecular weight is 244 g/mol. The van der Waals surface area contributed by atoms with Crippen LogP contribution in [0.1, 0.15) is 24.3 Å². The third kappa shape index (κ3) is 1.90. The smallest absolute Gasteiger partial charge is 0.162 e. The Kier molecular flexibility index (Phi) is 3.12. The lowest BCUT2D eigenvalue weighted by Gasteiger charge is -2.25. The van der Waals surface area contributed by atoms with Gasteiger partial charge < -0.3 is 20.6 Å². The molecule has 1 aromatic rings. The highest BCUT2D eigenvalue weighted by Gasteiger charge is 2.25. The van der Waals surface area contributed by atoms with Crippen LogP contribution >= 0.6 is 11.6 Å². The molecule has 0 saturated carbocycles. The molecule has 0 radical (unpaired) electrons. The summed E-state index contributed by atoms with van der Waals surface area (Å²) in [5.41, 5.74) is 0.459. The molecule has 1 fully saturated rings. The van der Waals surface area contributed by atoms with E-state index in [4.69, 9.17) is 11.6 Å². The first-order chi connectivity index (χ1) is 7.61. The molecule has 16 heavy (non-hydrogen) atoms. The number of phenolic OH excluding ortho intramolecular Hbond substituents is 3. The summed E-state index contributed by atoms with van der Waals surface area (Å²) in [6.45, 7) is 1.69. The van der Waals surface area contributed by atoms with E-state index in [0.29, 0.717) is 5.56 Å². The van der Waals surface area contributed by atoms with Crippen molar-refractivity contribution in [2.24, 2.45) is 0 Å². The molecule has 1 saturated heterocycles. The van der Waals surface area contributed by atoms with Gasteiger partial charge in [-0.1, -0.05) is 11.6 Å². The van der Waals surface area contributed by atoms with Crippen molar-refractivity contribution in [3.63, 3.8) is 0 Å². The molecular weight excluding hydrogens is 230 g/mol. The lowest BCUT2D eigenvalue weighted by molar-refractivity contribution is 0.378. The van der Waals surface area contributed by atoms with Crippen molar-refractivity contribution in [2.75, 3.05) is 13.1 Å². The second-order valence-electron chi connectivity index (χ2n) is 4.02. The minimum absolute atomic E-state index is 0.0757. The molecule has 0 aliphatic carbocycles. The first-order valence-corrected chi connectivity index (χ1v) is 5.63. The van der Waals surface area contributed by atoms with E-state index in [0.717, 1.165) is 32.0 Å². The van der Waals surface area contributed by atoms with Gasteiger partial charge in [-0.2, -0.15) is 0 Å². The molecule has 1 aliphatic rings. The van der Waals surface area contributed by atoms with Gasteiger partial charge in [0.05, 0.1) is 5.02 Å². The molecule has 0 amide bonds. The van der Waals surface area contributed by atoms with Crippen LogP contribution < -0.4 is 5.32 Å². The van der Waals surface area contributed by atoms with Crippen molar-refractivity contribution in [1.29, 1.82) is 0 Å². The van der Waals surface area contributed by atoms with Crippen LogP contribution in [0.2, 0.25) is 5.02 Å². The van der Waals surface area contributed by atoms with Crippen molar-refractivity contribution >= 4 is 11.6 Å². The summed E-state index contributed by atoms with van der Waals surface area (Å²) in [7, 11) is 0. The van der Waals surface area contributed by atoms with Crippen LogP contribution in [0.3, 0.4) is 0 Å². The van der Waals surface area contributed by atoms with Gasteiger partial charge in [0.2, 0.25) is 0 Å². The predicted molar refractivity (Wildman–Crippen MR) is 61.3 cm³/mol. The summed E-state index contributed by atoms with van der Waals surface area (Å²) in [6.07, 6.45) is 1.66. The highest BCUT2D eigenvalue weighted by atomic mass is 35.5. The number of hydrogen-bond donors (Lipinski definition) is 4. The number of hydrogen-bond acceptors (Lipinski definition) is 4. The van der Waals surface area contributed by atoms with Crippen molar-refractivity contribution in [1.82, 2.24) is 5.32 Å². The largest absolute Gasteiger partial charge is 0.506 e. The number of aromatic hydroxyl groups is 3. The summed E-state index contributed by atoms with van der Waals surface area (Å²) < 4.78 is 0. The van der Waals surface area contributed by atoms with E-state index in [1.54, 1.807) is 0 Å². The van der Waals surface area contributed by atoms with E-state index in [1.165, 1.54) is 0 Å². The maximum Gasteiger partial charge on any atom is 0.162 e. The van der Waals surface area contributed by atoms with Crippen LogP contribution in [-0.4, -0.2) is 28.4 Å². The number of benzene rings is 1. The van der Waals surface area contributed by atoms with E-state index in [2.05, 4.69) is 5.32 Å². The highest BCUT2D eigenvalue weighted by molar-refractivity contribution is 6.33. The quantitative estimate of drug-likeness (QED) is 0.449. The predicted octanol–water partition coefficient (Wildman–Crippen LogP) is 1.92. The average Bonchev–Trinajstić information content (AvgIpc) is 2.28. The first kappa shape index (κ1) is 11.4. The van der Waals surface area contributed by atoms with E-state index < -0.39 is 0 Å². The number of phenols is 3. The second kappa shape index (κ2) is 4.39. The van der Waals surface area contributed by atoms with Crippen LogP contribution in [-0.2, 0) is 0 Å². The van der Waals surface area contributed by atoms with Crippen molar-refractivity contribution in [3.8, 4) is 17.2 Å². The molecule has 4 nitrogen and oxygen atoms in total. The molecule has 1 heterocycles. The van der Waals surface area contributed by atoms with Crippen LogP contribution in [0.15, 0.2) is 6.07 Å². The molecule has 5 heteroatoms. The fourth-order valence-electron chi connectivity index (χ4n) is 2.12. The fourth-order valence-corrected chi connectivity index (χ4v) is 2.42. The lowest BCUT2D eigenvalue weighted by atomic mass is 9.89. The van der Waals surface area contributed by atoms with Crippen LogP contribution in [0, 0.1) is 0 Å². The fraction of sp³-hybridized carbons (Fsp3) is 0.455. The van der Waals surface area contributed by atoms with Gasteiger partial charge in [-0.15, -0.1) is 0 Å². The van der Waals surface area contributed by atoms with Gasteiger partial charge in [0.25, 0.3) is 0 Å². The SMILES string of the molecule is Oc1cc(O)c(Cl)c(C2CCNCC2)c1O. The van der Waals surface area contributed by atoms with Crippen molar-refractivity contribution in [3.05, 3.63) is 16.7 Å². The molecular formula is C11H14ClNO3. The maximum atomic E-state index is 9.79. The Morgan fingerprint density at radius 1 is 1.12 bits per heavy atom. The van der Waals surface area contributed by atoms with Gasteiger partial charge in [-0.05, 0) is 31.8 Å². The lowest BCUT2D eigenvalue weighted by Crippen LogP contribution is -2.26. The Hall–Kier alpha value is -1.13. The molecule has 0 atom stereocenters. The number of nitrogens with one attached hydrogen (secondary N) is 1. The Labute approximate surface area is 98.5 Å². The molecule has 0 aromatic heterocycles. The van der Waals surface area contributed by atoms with E-state index in [9.17, 15) is 15.3 Å². The zero-order chi connectivity index (χ0) is 11.7. The third-order valence-electron chi connectivity index (χ3n) is 2.98. The topological polar surface area (TPSA) is 72.7 Å². The van der Waals surface area contributed by atoms with E-state index in [-0.39, 0.29) is 28.2 Å². The second-order valence-corrected chi connectivity index (χ2v) is 4.39. The minimum Gasteiger partial charge on any atom is -0.506 e. The van der Waals surface area contributed by atoms with Crippen molar-refractivity contribution < 1.29 is 15.3 Å². The maximum absolute atomic E-state index is 9.79. The van der Waals surface area contributed by atoms with E-state index in [1.807, 2.05) is 0 Å². The normalized spacial score (nSPS) is 17.6. The number of piperidine rings is 1. The van der Waals surface area contributed by atoms with Crippen LogP contribution in [0.5, 0.6) is 17.2 Å². The van der Waals surface area contributed by atoms with Gasteiger partial charge in [0.15, 0.2) is 11.5 Å². The molecule has 0 spiro atoms. The molecule has 0 bridgehead atoms. The van der Waals surface area contributed by atoms with E-state index >= 15 is 0 Å². The van der Waals surface area contributed by atoms with Gasteiger partial charge in [-0.25, -0.2) is 0 Å². The van der Waals surface area contributed by atoms with Gasteiger partial charge in [-0.3, -0.25) is 0 Å². The Balaban J connectivity index is 2.45. The summed E-state index contributed by atoms with van der Waals surface area (Å²) in [5.74, 6) is -0.651. The molecule has 4 N–H and O–H groups in total. The Bertz CT molecular complexity index is 376.